The van der Waals surface area contributed by atoms with Crippen LogP contribution in [0.4, 0.5) is 0 Å². The van der Waals surface area contributed by atoms with Gasteiger partial charge in [0.15, 0.2) is 0 Å². The summed E-state index contributed by atoms with van der Waals surface area (Å²) in [4.78, 5) is 23.9. The first kappa shape index (κ1) is 15.2. The van der Waals surface area contributed by atoms with Gasteiger partial charge in [-0.25, -0.2) is 0 Å². The monoisotopic (exact) mass is 288 g/mol. The lowest BCUT2D eigenvalue weighted by molar-refractivity contribution is -0.143. The van der Waals surface area contributed by atoms with Crippen LogP contribution in [0.1, 0.15) is 26.7 Å². The van der Waals surface area contributed by atoms with Gasteiger partial charge in [-0.05, 0) is 12.2 Å². The fraction of sp³-hybridized carbons (Fsp3) is 0.500. The number of allylic oxidation sites excluding steroid dienone is 2. The lowest BCUT2D eigenvalue weighted by Crippen LogP contribution is -2.07. The standard InChI is InChI=1S/C12H16O4S2/c1-3-11(13)15-7-9-5-6-10(18-17-9)8-16-12(14)4-2/h5-6H,3-4,7-8H2,1-2H3. The van der Waals surface area contributed by atoms with E-state index in [1.54, 1.807) is 13.8 Å². The maximum Gasteiger partial charge on any atom is 0.305 e. The average Bonchev–Trinajstić information content (AvgIpc) is 2.43. The highest BCUT2D eigenvalue weighted by atomic mass is 33.1. The van der Waals surface area contributed by atoms with Crippen molar-refractivity contribution in [2.75, 3.05) is 13.2 Å². The molecule has 1 rings (SSSR count). The van der Waals surface area contributed by atoms with Gasteiger partial charge in [0.2, 0.25) is 0 Å². The van der Waals surface area contributed by atoms with Crippen molar-refractivity contribution in [3.8, 4) is 0 Å². The van der Waals surface area contributed by atoms with Gasteiger partial charge in [0.05, 0.1) is 0 Å². The maximum absolute atomic E-state index is 11.0. The van der Waals surface area contributed by atoms with Gasteiger partial charge < -0.3 is 9.47 Å². The van der Waals surface area contributed by atoms with Crippen LogP contribution in [0.5, 0.6) is 0 Å². The lowest BCUT2D eigenvalue weighted by Gasteiger charge is -2.13. The van der Waals surface area contributed by atoms with Gasteiger partial charge in [0, 0.05) is 22.7 Å². The first-order chi connectivity index (χ1) is 8.65. The molecule has 0 aromatic heterocycles. The number of hydrogen-bond acceptors (Lipinski definition) is 6. The number of hydrogen-bond donors (Lipinski definition) is 0. The number of carbonyl (C=O) groups excluding carboxylic acids is 2. The Morgan fingerprint density at radius 3 is 1.61 bits per heavy atom. The third kappa shape index (κ3) is 5.64. The van der Waals surface area contributed by atoms with E-state index in [1.807, 2.05) is 12.2 Å². The molecule has 0 aromatic carbocycles. The van der Waals surface area contributed by atoms with Crippen molar-refractivity contribution in [2.24, 2.45) is 0 Å². The fourth-order valence-electron chi connectivity index (χ4n) is 1.00. The van der Waals surface area contributed by atoms with Crippen molar-refractivity contribution < 1.29 is 19.1 Å². The Labute approximate surface area is 115 Å². The van der Waals surface area contributed by atoms with Crippen molar-refractivity contribution in [1.29, 1.82) is 0 Å². The summed E-state index contributed by atoms with van der Waals surface area (Å²) in [6.45, 7) is 4.14. The molecule has 1 aliphatic heterocycles. The molecular weight excluding hydrogens is 272 g/mol. The van der Waals surface area contributed by atoms with E-state index >= 15 is 0 Å². The predicted octanol–water partition coefficient (Wildman–Crippen LogP) is 3.06. The molecule has 0 fully saturated rings. The van der Waals surface area contributed by atoms with Crippen LogP contribution >= 0.6 is 21.6 Å². The number of rotatable bonds is 6. The van der Waals surface area contributed by atoms with Gasteiger partial charge in [-0.3, -0.25) is 9.59 Å². The van der Waals surface area contributed by atoms with E-state index in [2.05, 4.69) is 0 Å². The molecule has 0 saturated carbocycles. The first-order valence-corrected chi connectivity index (χ1v) is 7.86. The van der Waals surface area contributed by atoms with E-state index in [9.17, 15) is 9.59 Å². The molecule has 0 spiro atoms. The second-order valence-corrected chi connectivity index (χ2v) is 5.84. The highest BCUT2D eigenvalue weighted by molar-refractivity contribution is 8.79. The first-order valence-electron chi connectivity index (χ1n) is 5.71. The zero-order valence-electron chi connectivity index (χ0n) is 10.4. The summed E-state index contributed by atoms with van der Waals surface area (Å²) in [7, 11) is 3.05. The molecular formula is C12H16O4S2. The second-order valence-electron chi connectivity index (χ2n) is 3.46. The summed E-state index contributed by atoms with van der Waals surface area (Å²) in [5, 5.41) is 0. The molecule has 0 aromatic rings. The van der Waals surface area contributed by atoms with Gasteiger partial charge >= 0.3 is 11.9 Å². The van der Waals surface area contributed by atoms with Crippen molar-refractivity contribution in [3.05, 3.63) is 22.0 Å². The van der Waals surface area contributed by atoms with E-state index in [1.165, 1.54) is 21.6 Å². The summed E-state index contributed by atoms with van der Waals surface area (Å²) >= 11 is 0. The van der Waals surface area contributed by atoms with Gasteiger partial charge in [-0.2, -0.15) is 0 Å². The van der Waals surface area contributed by atoms with Crippen molar-refractivity contribution >= 4 is 33.5 Å². The molecule has 0 aliphatic carbocycles. The Morgan fingerprint density at radius 2 is 1.33 bits per heavy atom. The van der Waals surface area contributed by atoms with E-state index in [0.29, 0.717) is 26.1 Å². The van der Waals surface area contributed by atoms with Crippen molar-refractivity contribution in [1.82, 2.24) is 0 Å². The third-order valence-electron chi connectivity index (χ3n) is 2.04. The number of carbonyl (C=O) groups is 2. The van der Waals surface area contributed by atoms with Crippen molar-refractivity contribution in [3.63, 3.8) is 0 Å². The van der Waals surface area contributed by atoms with Crippen molar-refractivity contribution in [2.45, 2.75) is 26.7 Å². The van der Waals surface area contributed by atoms with Crippen LogP contribution in [0.3, 0.4) is 0 Å². The van der Waals surface area contributed by atoms with Gasteiger partial charge in [-0.1, -0.05) is 35.4 Å². The predicted molar refractivity (Wildman–Crippen MR) is 73.8 cm³/mol. The molecule has 0 bridgehead atoms. The van der Waals surface area contributed by atoms with Crippen LogP contribution in [0.2, 0.25) is 0 Å². The normalized spacial score (nSPS) is 14.6. The highest BCUT2D eigenvalue weighted by Crippen LogP contribution is 2.40. The molecule has 0 saturated heterocycles. The van der Waals surface area contributed by atoms with E-state index in [-0.39, 0.29) is 11.9 Å². The van der Waals surface area contributed by atoms with Gasteiger partial charge in [0.1, 0.15) is 13.2 Å². The summed E-state index contributed by atoms with van der Waals surface area (Å²) in [6, 6.07) is 0. The molecule has 100 valence electrons. The van der Waals surface area contributed by atoms with Crippen LogP contribution in [0, 0.1) is 0 Å². The summed E-state index contributed by atoms with van der Waals surface area (Å²) in [5.74, 6) is -0.402. The largest absolute Gasteiger partial charge is 0.460 e. The van der Waals surface area contributed by atoms with Gasteiger partial charge in [-0.15, -0.1) is 0 Å². The third-order valence-corrected chi connectivity index (χ3v) is 4.59. The fourth-order valence-corrected chi connectivity index (χ4v) is 2.94. The summed E-state index contributed by atoms with van der Waals surface area (Å²) in [6.07, 6.45) is 4.55. The molecule has 0 N–H and O–H groups in total. The zero-order chi connectivity index (χ0) is 13.4. The Balaban J connectivity index is 2.35. The molecule has 1 heterocycles. The number of esters is 2. The lowest BCUT2D eigenvalue weighted by atomic mass is 10.4. The minimum absolute atomic E-state index is 0.201. The summed E-state index contributed by atoms with van der Waals surface area (Å²) in [5.41, 5.74) is 0. The minimum atomic E-state index is -0.201. The molecule has 1 aliphatic rings. The molecule has 0 amide bonds. The molecule has 6 heteroatoms. The summed E-state index contributed by atoms with van der Waals surface area (Å²) < 4.78 is 10.1. The minimum Gasteiger partial charge on any atom is -0.460 e. The molecule has 0 unspecified atom stereocenters. The molecule has 0 atom stereocenters. The van der Waals surface area contributed by atoms with Gasteiger partial charge in [0.25, 0.3) is 0 Å². The quantitative estimate of drug-likeness (QED) is 0.553. The molecule has 18 heavy (non-hydrogen) atoms. The Kier molecular flexibility index (Phi) is 6.97. The highest BCUT2D eigenvalue weighted by Gasteiger charge is 2.11. The Morgan fingerprint density at radius 1 is 0.944 bits per heavy atom. The van der Waals surface area contributed by atoms with E-state index < -0.39 is 0 Å². The molecule has 0 radical (unpaired) electrons. The van der Waals surface area contributed by atoms with Crippen LogP contribution < -0.4 is 0 Å². The average molecular weight is 288 g/mol. The topological polar surface area (TPSA) is 52.6 Å². The van der Waals surface area contributed by atoms with Crippen LogP contribution in [-0.4, -0.2) is 25.2 Å². The zero-order valence-corrected chi connectivity index (χ0v) is 12.1. The van der Waals surface area contributed by atoms with Crippen LogP contribution in [0.25, 0.3) is 0 Å². The SMILES string of the molecule is CCC(=O)OCC1=CC=C(COC(=O)CC)SS1. The maximum atomic E-state index is 11.0. The second kappa shape index (κ2) is 8.26. The van der Waals surface area contributed by atoms with E-state index in [4.69, 9.17) is 9.47 Å². The smallest absolute Gasteiger partial charge is 0.305 e. The van der Waals surface area contributed by atoms with Crippen LogP contribution in [0.15, 0.2) is 22.0 Å². The molecule has 4 nitrogen and oxygen atoms in total. The Bertz CT molecular complexity index is 338. The number of ether oxygens (including phenoxy) is 2. The van der Waals surface area contributed by atoms with Crippen LogP contribution in [-0.2, 0) is 19.1 Å². The Hall–Kier alpha value is -0.880. The van der Waals surface area contributed by atoms with E-state index in [0.717, 1.165) is 9.81 Å².